The van der Waals surface area contributed by atoms with Crippen molar-refractivity contribution in [2.45, 2.75) is 25.8 Å². The second-order valence-electron chi connectivity index (χ2n) is 5.10. The Hall–Kier alpha value is -1.62. The molecule has 1 aromatic heterocycles. The largest absolute Gasteiger partial charge is 0.412 e. The Morgan fingerprint density at radius 1 is 1.09 bits per heavy atom. The van der Waals surface area contributed by atoms with Crippen molar-refractivity contribution >= 4 is 36.3 Å². The van der Waals surface area contributed by atoms with Gasteiger partial charge in [-0.2, -0.15) is 0 Å². The first-order valence-corrected chi connectivity index (χ1v) is 7.09. The summed E-state index contributed by atoms with van der Waals surface area (Å²) in [6.45, 7) is 2.15. The first-order chi connectivity index (χ1) is 9.79. The van der Waals surface area contributed by atoms with Crippen LogP contribution in [-0.2, 0) is 6.42 Å². The van der Waals surface area contributed by atoms with Gasteiger partial charge in [0, 0.05) is 26.1 Å². The Kier molecular flexibility index (Phi) is 8.83. The van der Waals surface area contributed by atoms with Gasteiger partial charge in [0.2, 0.25) is 0 Å². The fourth-order valence-electron chi connectivity index (χ4n) is 2.74. The van der Waals surface area contributed by atoms with E-state index >= 15 is 0 Å². The van der Waals surface area contributed by atoms with E-state index in [2.05, 4.69) is 60.3 Å². The van der Waals surface area contributed by atoms with E-state index in [0.717, 1.165) is 30.1 Å². The second kappa shape index (κ2) is 9.50. The predicted molar refractivity (Wildman–Crippen MR) is 100 cm³/mol. The number of benzene rings is 1. The zero-order valence-corrected chi connectivity index (χ0v) is 14.9. The number of pyridine rings is 1. The Balaban J connectivity index is 0.00000161. The molecular weight excluding hydrogens is 333 g/mol. The normalized spacial score (nSPS) is 15.8. The van der Waals surface area contributed by atoms with Crippen LogP contribution >= 0.6 is 24.8 Å². The Bertz CT molecular complexity index is 635. The first kappa shape index (κ1) is 21.4. The molecule has 1 unspecified atom stereocenters. The van der Waals surface area contributed by atoms with Gasteiger partial charge in [0.1, 0.15) is 5.84 Å². The third kappa shape index (κ3) is 4.44. The van der Waals surface area contributed by atoms with Crippen LogP contribution in [0.1, 0.15) is 30.6 Å². The van der Waals surface area contributed by atoms with Gasteiger partial charge in [0.15, 0.2) is 0 Å². The first-order valence-electron chi connectivity index (χ1n) is 7.09. The van der Waals surface area contributed by atoms with Crippen molar-refractivity contribution in [3.05, 3.63) is 59.9 Å². The van der Waals surface area contributed by atoms with E-state index in [1.54, 1.807) is 0 Å². The van der Waals surface area contributed by atoms with Gasteiger partial charge >= 0.3 is 0 Å². The minimum absolute atomic E-state index is 0. The van der Waals surface area contributed by atoms with Gasteiger partial charge in [-0.15, -0.1) is 24.8 Å². The van der Waals surface area contributed by atoms with Crippen LogP contribution in [-0.4, -0.2) is 28.2 Å². The lowest BCUT2D eigenvalue weighted by Gasteiger charge is -2.28. The highest BCUT2D eigenvalue weighted by atomic mass is 35.5. The molecule has 2 N–H and O–H groups in total. The summed E-state index contributed by atoms with van der Waals surface area (Å²) in [4.78, 5) is 11.6. The predicted octanol–water partition coefficient (Wildman–Crippen LogP) is 3.77. The van der Waals surface area contributed by atoms with E-state index in [0.29, 0.717) is 0 Å². The van der Waals surface area contributed by atoms with Gasteiger partial charge in [0.25, 0.3) is 0 Å². The zero-order chi connectivity index (χ0) is 13.9. The SMILES string of the molecule is CCC1=Nc2ccccc2CC(c2ccccn2)N1C.Cl.Cl.O. The molecule has 0 radical (unpaired) electrons. The third-order valence-electron chi connectivity index (χ3n) is 3.87. The number of para-hydroxylation sites is 1. The quantitative estimate of drug-likeness (QED) is 0.822. The van der Waals surface area contributed by atoms with Crippen molar-refractivity contribution in [2.75, 3.05) is 7.05 Å². The molecule has 6 heteroatoms. The van der Waals surface area contributed by atoms with Crippen molar-refractivity contribution in [3.63, 3.8) is 0 Å². The molecule has 1 atom stereocenters. The summed E-state index contributed by atoms with van der Waals surface area (Å²) >= 11 is 0. The van der Waals surface area contributed by atoms with Gasteiger partial charge in [0.05, 0.1) is 17.4 Å². The van der Waals surface area contributed by atoms with Crippen LogP contribution in [0.25, 0.3) is 0 Å². The number of halogens is 2. The molecule has 0 fully saturated rings. The molecule has 0 aliphatic carbocycles. The number of likely N-dealkylation sites (N-methyl/N-ethyl adjacent to an activating group) is 1. The van der Waals surface area contributed by atoms with E-state index in [4.69, 9.17) is 4.99 Å². The molecule has 2 aromatic rings. The average Bonchev–Trinajstić information content (AvgIpc) is 2.65. The lowest BCUT2D eigenvalue weighted by Crippen LogP contribution is -2.31. The van der Waals surface area contributed by atoms with E-state index in [-0.39, 0.29) is 36.3 Å². The highest BCUT2D eigenvalue weighted by Crippen LogP contribution is 2.32. The number of hydrogen-bond acceptors (Lipinski definition) is 3. The summed E-state index contributed by atoms with van der Waals surface area (Å²) in [5, 5.41) is 0. The molecular formula is C17H23Cl2N3O. The van der Waals surface area contributed by atoms with Crippen LogP contribution in [0.3, 0.4) is 0 Å². The van der Waals surface area contributed by atoms with Crippen molar-refractivity contribution in [1.29, 1.82) is 0 Å². The Labute approximate surface area is 149 Å². The summed E-state index contributed by atoms with van der Waals surface area (Å²) in [5.74, 6) is 1.12. The maximum absolute atomic E-state index is 4.83. The van der Waals surface area contributed by atoms with Crippen LogP contribution in [0.2, 0.25) is 0 Å². The summed E-state index contributed by atoms with van der Waals surface area (Å²) < 4.78 is 0. The minimum atomic E-state index is 0. The molecule has 0 bridgehead atoms. The zero-order valence-electron chi connectivity index (χ0n) is 13.3. The van der Waals surface area contributed by atoms with Crippen LogP contribution < -0.4 is 0 Å². The van der Waals surface area contributed by atoms with Gasteiger partial charge in [-0.05, 0) is 23.8 Å². The monoisotopic (exact) mass is 355 g/mol. The van der Waals surface area contributed by atoms with Crippen molar-refractivity contribution in [2.24, 2.45) is 4.99 Å². The van der Waals surface area contributed by atoms with E-state index in [1.807, 2.05) is 12.3 Å². The van der Waals surface area contributed by atoms with Crippen molar-refractivity contribution < 1.29 is 5.48 Å². The van der Waals surface area contributed by atoms with Gasteiger partial charge in [-0.1, -0.05) is 31.2 Å². The lowest BCUT2D eigenvalue weighted by atomic mass is 10.0. The van der Waals surface area contributed by atoms with Crippen LogP contribution in [0, 0.1) is 0 Å². The average molecular weight is 356 g/mol. The molecule has 0 spiro atoms. The van der Waals surface area contributed by atoms with E-state index in [9.17, 15) is 0 Å². The van der Waals surface area contributed by atoms with E-state index in [1.165, 1.54) is 5.56 Å². The van der Waals surface area contributed by atoms with Crippen molar-refractivity contribution in [3.8, 4) is 0 Å². The Morgan fingerprint density at radius 2 is 1.78 bits per heavy atom. The van der Waals surface area contributed by atoms with Crippen LogP contribution in [0.15, 0.2) is 53.7 Å². The number of aromatic nitrogens is 1. The van der Waals surface area contributed by atoms with Gasteiger partial charge in [-0.25, -0.2) is 4.99 Å². The van der Waals surface area contributed by atoms with Crippen molar-refractivity contribution in [1.82, 2.24) is 9.88 Å². The van der Waals surface area contributed by atoms with Crippen LogP contribution in [0.4, 0.5) is 5.69 Å². The number of fused-ring (bicyclic) bond motifs is 1. The van der Waals surface area contributed by atoms with E-state index < -0.39 is 0 Å². The maximum atomic E-state index is 4.83. The number of hydrogen-bond donors (Lipinski definition) is 0. The maximum Gasteiger partial charge on any atom is 0.105 e. The highest BCUT2D eigenvalue weighted by Gasteiger charge is 2.24. The molecule has 1 aliphatic rings. The standard InChI is InChI=1S/C17H19N3.2ClH.H2O/c1-3-17-19-14-9-5-4-8-13(14)12-16(20(17)2)15-10-6-7-11-18-15;;;/h4-11,16H,3,12H2,1-2H3;2*1H;1H2. The Morgan fingerprint density at radius 3 is 2.43 bits per heavy atom. The molecule has 0 amide bonds. The molecule has 1 aliphatic heterocycles. The molecule has 1 aromatic carbocycles. The summed E-state index contributed by atoms with van der Waals surface area (Å²) in [6, 6.07) is 14.8. The minimum Gasteiger partial charge on any atom is -0.412 e. The lowest BCUT2D eigenvalue weighted by molar-refractivity contribution is 0.363. The van der Waals surface area contributed by atoms with Gasteiger partial charge < -0.3 is 10.4 Å². The summed E-state index contributed by atoms with van der Waals surface area (Å²) in [7, 11) is 2.12. The molecule has 23 heavy (non-hydrogen) atoms. The molecule has 3 rings (SSSR count). The number of aliphatic imine (C=N–C) groups is 1. The topological polar surface area (TPSA) is 60.0 Å². The number of rotatable bonds is 2. The summed E-state index contributed by atoms with van der Waals surface area (Å²) in [6.07, 6.45) is 3.73. The smallest absolute Gasteiger partial charge is 0.105 e. The van der Waals surface area contributed by atoms with Crippen LogP contribution in [0.5, 0.6) is 0 Å². The molecule has 0 saturated heterocycles. The number of nitrogens with zero attached hydrogens (tertiary/aromatic N) is 3. The number of amidine groups is 1. The molecule has 0 saturated carbocycles. The third-order valence-corrected chi connectivity index (χ3v) is 3.87. The second-order valence-corrected chi connectivity index (χ2v) is 5.10. The fraction of sp³-hybridized carbons (Fsp3) is 0.294. The van der Waals surface area contributed by atoms with Gasteiger partial charge in [-0.3, -0.25) is 4.98 Å². The molecule has 2 heterocycles. The highest BCUT2D eigenvalue weighted by molar-refractivity contribution is 5.86. The fourth-order valence-corrected chi connectivity index (χ4v) is 2.74. The molecule has 126 valence electrons. The summed E-state index contributed by atoms with van der Waals surface area (Å²) in [5.41, 5.74) is 3.49. The molecule has 4 nitrogen and oxygen atoms in total.